The van der Waals surface area contributed by atoms with E-state index in [9.17, 15) is 18.5 Å². The van der Waals surface area contributed by atoms with Crippen molar-refractivity contribution in [2.24, 2.45) is 10.2 Å². The fraction of sp³-hybridized carbons (Fsp3) is 0.100. The van der Waals surface area contributed by atoms with Crippen LogP contribution in [-0.4, -0.2) is 20.6 Å². The van der Waals surface area contributed by atoms with Crippen LogP contribution in [0.25, 0.3) is 10.8 Å². The number of nitrogens with zero attached hydrogens (tertiary/aromatic N) is 3. The van der Waals surface area contributed by atoms with Crippen molar-refractivity contribution in [1.29, 1.82) is 5.26 Å². The smallest absolute Gasteiger partial charge is 0.221 e. The molecule has 9 heteroatoms. The van der Waals surface area contributed by atoms with Gasteiger partial charge in [0, 0.05) is 23.5 Å². The van der Waals surface area contributed by atoms with Gasteiger partial charge in [0.1, 0.15) is 11.8 Å². The Labute approximate surface area is 173 Å². The van der Waals surface area contributed by atoms with Crippen LogP contribution in [0.5, 0.6) is 0 Å². The summed E-state index contributed by atoms with van der Waals surface area (Å²) in [7, 11) is -3.44. The Bertz CT molecular complexity index is 1310. The number of hydrogen-bond acceptors (Lipinski definition) is 7. The molecule has 29 heavy (non-hydrogen) atoms. The minimum absolute atomic E-state index is 0.0332. The molecule has 0 fully saturated rings. The molecular weight excluding hydrogens is 408 g/mol. The molecule has 0 aliphatic carbocycles. The number of nitrogens with one attached hydrogen (secondary N) is 1. The molecule has 3 aromatic rings. The maximum atomic E-state index is 11.7. The van der Waals surface area contributed by atoms with E-state index in [4.69, 9.17) is 0 Å². The van der Waals surface area contributed by atoms with Crippen molar-refractivity contribution in [2.75, 3.05) is 11.6 Å². The van der Waals surface area contributed by atoms with Crippen LogP contribution in [0.2, 0.25) is 0 Å². The molecule has 0 aromatic heterocycles. The Hall–Kier alpha value is -3.22. The number of thiol groups is 1. The third-order valence-electron chi connectivity index (χ3n) is 4.09. The van der Waals surface area contributed by atoms with E-state index in [1.54, 1.807) is 6.07 Å². The lowest BCUT2D eigenvalue weighted by molar-refractivity contribution is -0.114. The van der Waals surface area contributed by atoms with Gasteiger partial charge in [0.2, 0.25) is 5.91 Å². The first-order valence-electron chi connectivity index (χ1n) is 8.39. The molecule has 3 rings (SSSR count). The van der Waals surface area contributed by atoms with Crippen molar-refractivity contribution in [3.05, 3.63) is 54.1 Å². The minimum Gasteiger partial charge on any atom is -0.325 e. The summed E-state index contributed by atoms with van der Waals surface area (Å²) in [4.78, 5) is 12.1. The molecule has 0 saturated carbocycles. The number of benzene rings is 3. The van der Waals surface area contributed by atoms with Crippen LogP contribution in [0.4, 0.5) is 17.1 Å². The zero-order chi connectivity index (χ0) is 21.2. The lowest BCUT2D eigenvalue weighted by Crippen LogP contribution is -2.06. The summed E-state index contributed by atoms with van der Waals surface area (Å²) >= 11 is 4.51. The highest BCUT2D eigenvalue weighted by atomic mass is 32.2. The Morgan fingerprint density at radius 2 is 1.72 bits per heavy atom. The third-order valence-corrected chi connectivity index (χ3v) is 5.68. The summed E-state index contributed by atoms with van der Waals surface area (Å²) in [6, 6.07) is 15.0. The predicted molar refractivity (Wildman–Crippen MR) is 114 cm³/mol. The third kappa shape index (κ3) is 4.45. The highest BCUT2D eigenvalue weighted by Crippen LogP contribution is 2.37. The number of carbonyl (C=O) groups is 1. The highest BCUT2D eigenvalue weighted by Gasteiger charge is 2.13. The average molecular weight is 425 g/mol. The number of sulfone groups is 1. The molecule has 0 atom stereocenters. The largest absolute Gasteiger partial charge is 0.325 e. The molecule has 0 heterocycles. The van der Waals surface area contributed by atoms with E-state index >= 15 is 0 Å². The van der Waals surface area contributed by atoms with Gasteiger partial charge < -0.3 is 5.32 Å². The second kappa shape index (κ2) is 8.03. The number of nitriles is 1. The van der Waals surface area contributed by atoms with Crippen molar-refractivity contribution < 1.29 is 13.2 Å². The quantitative estimate of drug-likeness (QED) is 0.464. The maximum absolute atomic E-state index is 11.7. The minimum atomic E-state index is -3.44. The fourth-order valence-electron chi connectivity index (χ4n) is 2.74. The van der Waals surface area contributed by atoms with E-state index in [1.807, 2.05) is 30.3 Å². The van der Waals surface area contributed by atoms with Crippen molar-refractivity contribution in [2.45, 2.75) is 16.7 Å². The van der Waals surface area contributed by atoms with Crippen LogP contribution in [0, 0.1) is 11.3 Å². The topological polar surface area (TPSA) is 112 Å². The monoisotopic (exact) mass is 424 g/mol. The average Bonchev–Trinajstić information content (AvgIpc) is 2.68. The van der Waals surface area contributed by atoms with E-state index in [1.165, 1.54) is 25.1 Å². The summed E-state index contributed by atoms with van der Waals surface area (Å²) in [5.41, 5.74) is 1.29. The molecular formula is C20H16N4O3S2. The first-order valence-corrected chi connectivity index (χ1v) is 10.7. The molecule has 0 aliphatic heterocycles. The predicted octanol–water partition coefficient (Wildman–Crippen LogP) is 4.78. The second-order valence-electron chi connectivity index (χ2n) is 6.28. The van der Waals surface area contributed by atoms with Gasteiger partial charge in [-0.05, 0) is 29.7 Å². The zero-order valence-electron chi connectivity index (χ0n) is 15.5. The number of hydrogen-bond donors (Lipinski definition) is 2. The molecule has 1 amide bonds. The SMILES string of the molecule is CC(=O)Nc1cc(N=Nc2ccc(S(C)(=O)=O)cc2C#N)c2ccccc2c1S. The van der Waals surface area contributed by atoms with Gasteiger partial charge >= 0.3 is 0 Å². The fourth-order valence-corrected chi connectivity index (χ4v) is 3.70. The summed E-state index contributed by atoms with van der Waals surface area (Å²) in [6.07, 6.45) is 1.07. The Morgan fingerprint density at radius 3 is 2.34 bits per heavy atom. The lowest BCUT2D eigenvalue weighted by Gasteiger charge is -2.11. The molecule has 0 saturated heterocycles. The van der Waals surface area contributed by atoms with Gasteiger partial charge in [0.25, 0.3) is 0 Å². The summed E-state index contributed by atoms with van der Waals surface area (Å²) in [5.74, 6) is -0.249. The normalized spacial score (nSPS) is 11.5. The summed E-state index contributed by atoms with van der Waals surface area (Å²) < 4.78 is 23.4. The van der Waals surface area contributed by atoms with Gasteiger partial charge in [0.05, 0.1) is 21.8 Å². The number of azo groups is 1. The molecule has 3 aromatic carbocycles. The van der Waals surface area contributed by atoms with E-state index < -0.39 is 9.84 Å². The molecule has 7 nitrogen and oxygen atoms in total. The maximum Gasteiger partial charge on any atom is 0.221 e. The van der Waals surface area contributed by atoms with Gasteiger partial charge in [-0.2, -0.15) is 5.26 Å². The van der Waals surface area contributed by atoms with Crippen molar-refractivity contribution in [3.8, 4) is 6.07 Å². The standard InChI is InChI=1S/C20H16N4O3S2/c1-12(25)22-19-10-18(15-5-3-4-6-16(15)20(19)28)24-23-17-8-7-14(29(2,26)27)9-13(17)11-21/h3-10,28H,1-2H3,(H,22,25). The zero-order valence-corrected chi connectivity index (χ0v) is 17.3. The van der Waals surface area contributed by atoms with E-state index in [0.29, 0.717) is 16.3 Å². The molecule has 1 N–H and O–H groups in total. The molecule has 0 unspecified atom stereocenters. The number of amides is 1. The first kappa shape index (κ1) is 20.5. The van der Waals surface area contributed by atoms with Crippen LogP contribution in [0.1, 0.15) is 12.5 Å². The van der Waals surface area contributed by atoms with Gasteiger partial charge in [0.15, 0.2) is 9.84 Å². The molecule has 0 radical (unpaired) electrons. The first-order chi connectivity index (χ1) is 13.7. The van der Waals surface area contributed by atoms with E-state index in [2.05, 4.69) is 28.2 Å². The van der Waals surface area contributed by atoms with Gasteiger partial charge in [-0.15, -0.1) is 22.9 Å². The molecule has 0 bridgehead atoms. The Balaban J connectivity index is 2.13. The highest BCUT2D eigenvalue weighted by molar-refractivity contribution is 7.90. The summed E-state index contributed by atoms with van der Waals surface area (Å²) in [6.45, 7) is 1.39. The Morgan fingerprint density at radius 1 is 1.07 bits per heavy atom. The summed E-state index contributed by atoms with van der Waals surface area (Å²) in [5, 5.41) is 22.0. The molecule has 0 spiro atoms. The van der Waals surface area contributed by atoms with Crippen molar-refractivity contribution in [1.82, 2.24) is 0 Å². The number of rotatable bonds is 4. The Kier molecular flexibility index (Phi) is 5.68. The van der Waals surface area contributed by atoms with Crippen LogP contribution in [-0.2, 0) is 14.6 Å². The lowest BCUT2D eigenvalue weighted by atomic mass is 10.1. The number of carbonyl (C=O) groups excluding carboxylic acids is 1. The number of fused-ring (bicyclic) bond motifs is 1. The second-order valence-corrected chi connectivity index (χ2v) is 8.74. The van der Waals surface area contributed by atoms with Gasteiger partial charge in [-0.1, -0.05) is 24.3 Å². The van der Waals surface area contributed by atoms with Crippen LogP contribution in [0.3, 0.4) is 0 Å². The number of anilines is 1. The van der Waals surface area contributed by atoms with E-state index in [-0.39, 0.29) is 22.1 Å². The van der Waals surface area contributed by atoms with Crippen LogP contribution >= 0.6 is 12.6 Å². The molecule has 146 valence electrons. The van der Waals surface area contributed by atoms with Crippen LogP contribution in [0.15, 0.2) is 68.6 Å². The van der Waals surface area contributed by atoms with E-state index in [0.717, 1.165) is 17.0 Å². The molecule has 0 aliphatic rings. The van der Waals surface area contributed by atoms with Gasteiger partial charge in [-0.3, -0.25) is 4.79 Å². The van der Waals surface area contributed by atoms with Crippen molar-refractivity contribution >= 4 is 56.2 Å². The van der Waals surface area contributed by atoms with Crippen LogP contribution < -0.4 is 5.32 Å². The van der Waals surface area contributed by atoms with Gasteiger partial charge in [-0.25, -0.2) is 8.42 Å². The van der Waals surface area contributed by atoms with Crippen molar-refractivity contribution in [3.63, 3.8) is 0 Å².